The fourth-order valence-corrected chi connectivity index (χ4v) is 4.27. The molecule has 0 saturated heterocycles. The maximum Gasteiger partial charge on any atom is 0.321 e. The average Bonchev–Trinajstić information content (AvgIpc) is 3.24. The topological polar surface area (TPSA) is 83.6 Å². The van der Waals surface area contributed by atoms with Crippen molar-refractivity contribution < 1.29 is 19.4 Å². The van der Waals surface area contributed by atoms with Gasteiger partial charge in [0.05, 0.1) is 12.1 Å². The van der Waals surface area contributed by atoms with Gasteiger partial charge in [0.2, 0.25) is 0 Å². The standard InChI is InChI=1S/C26H24Cl2N2O4/c1-33-24-11-16(10-21(28)25(24)34-15-17-6-2-4-8-20(17)27)13-29-23(26(31)32)12-18-14-30-22-9-5-3-7-19(18)22/h2-11,14,23,29-30H,12-13,15H2,1H3,(H,31,32)/t23-/m1/s1. The number of hydrogen-bond donors (Lipinski definition) is 3. The van der Waals surface area contributed by atoms with Crippen molar-refractivity contribution in [3.05, 3.63) is 93.6 Å². The number of aliphatic carboxylic acids is 1. The molecule has 6 nitrogen and oxygen atoms in total. The van der Waals surface area contributed by atoms with Gasteiger partial charge in [-0.1, -0.05) is 59.6 Å². The Morgan fingerprint density at radius 3 is 2.59 bits per heavy atom. The number of halogens is 2. The Morgan fingerprint density at radius 2 is 1.82 bits per heavy atom. The van der Waals surface area contributed by atoms with Crippen LogP contribution < -0.4 is 14.8 Å². The molecule has 0 spiro atoms. The Bertz CT molecular complexity index is 1310. The third kappa shape index (κ3) is 5.47. The van der Waals surface area contributed by atoms with Gasteiger partial charge < -0.3 is 24.9 Å². The average molecular weight is 499 g/mol. The Kier molecular flexibility index (Phi) is 7.63. The van der Waals surface area contributed by atoms with Crippen molar-refractivity contribution >= 4 is 40.1 Å². The zero-order chi connectivity index (χ0) is 24.1. The first-order chi connectivity index (χ1) is 16.5. The second-order valence-corrected chi connectivity index (χ2v) is 8.64. The monoisotopic (exact) mass is 498 g/mol. The van der Waals surface area contributed by atoms with E-state index in [9.17, 15) is 9.90 Å². The van der Waals surface area contributed by atoms with Crippen LogP contribution in [0.15, 0.2) is 66.9 Å². The van der Waals surface area contributed by atoms with Gasteiger partial charge in [0.15, 0.2) is 11.5 Å². The highest BCUT2D eigenvalue weighted by Crippen LogP contribution is 2.37. The molecule has 0 aliphatic carbocycles. The molecule has 0 aliphatic rings. The molecule has 8 heteroatoms. The van der Waals surface area contributed by atoms with Crippen LogP contribution in [0.2, 0.25) is 10.0 Å². The van der Waals surface area contributed by atoms with Gasteiger partial charge in [-0.15, -0.1) is 0 Å². The lowest BCUT2D eigenvalue weighted by Crippen LogP contribution is -2.38. The molecule has 3 aromatic carbocycles. The first-order valence-electron chi connectivity index (χ1n) is 10.7. The van der Waals surface area contributed by atoms with Crippen LogP contribution in [0.4, 0.5) is 0 Å². The molecule has 34 heavy (non-hydrogen) atoms. The van der Waals surface area contributed by atoms with E-state index in [-0.39, 0.29) is 6.61 Å². The molecular weight excluding hydrogens is 475 g/mol. The molecule has 0 saturated carbocycles. The van der Waals surface area contributed by atoms with Crippen molar-refractivity contribution in [2.75, 3.05) is 7.11 Å². The number of rotatable bonds is 10. The SMILES string of the molecule is COc1cc(CN[C@H](Cc2c[nH]c3ccccc23)C(=O)O)cc(Cl)c1OCc1ccccc1Cl. The van der Waals surface area contributed by atoms with Crippen LogP contribution >= 0.6 is 23.2 Å². The largest absolute Gasteiger partial charge is 0.493 e. The molecule has 4 rings (SSSR count). The summed E-state index contributed by atoms with van der Waals surface area (Å²) in [5.41, 5.74) is 3.52. The number of aromatic nitrogens is 1. The van der Waals surface area contributed by atoms with Crippen molar-refractivity contribution in [3.8, 4) is 11.5 Å². The molecule has 0 fully saturated rings. The highest BCUT2D eigenvalue weighted by molar-refractivity contribution is 6.32. The maximum atomic E-state index is 11.9. The van der Waals surface area contributed by atoms with E-state index in [0.29, 0.717) is 34.5 Å². The predicted molar refractivity (Wildman–Crippen MR) is 134 cm³/mol. The van der Waals surface area contributed by atoms with Gasteiger partial charge in [-0.05, 0) is 35.4 Å². The summed E-state index contributed by atoms with van der Waals surface area (Å²) in [4.78, 5) is 15.1. The zero-order valence-corrected chi connectivity index (χ0v) is 20.0. The van der Waals surface area contributed by atoms with Crippen LogP contribution in [0.1, 0.15) is 16.7 Å². The molecule has 3 N–H and O–H groups in total. The highest BCUT2D eigenvalue weighted by Gasteiger charge is 2.20. The summed E-state index contributed by atoms with van der Waals surface area (Å²) >= 11 is 12.7. The van der Waals surface area contributed by atoms with E-state index >= 15 is 0 Å². The summed E-state index contributed by atoms with van der Waals surface area (Å²) < 4.78 is 11.4. The first-order valence-corrected chi connectivity index (χ1v) is 11.5. The van der Waals surface area contributed by atoms with E-state index in [1.165, 1.54) is 7.11 Å². The minimum Gasteiger partial charge on any atom is -0.493 e. The number of benzene rings is 3. The van der Waals surface area contributed by atoms with E-state index in [4.69, 9.17) is 32.7 Å². The van der Waals surface area contributed by atoms with Crippen LogP contribution in [0.25, 0.3) is 10.9 Å². The van der Waals surface area contributed by atoms with Crippen LogP contribution in [0.5, 0.6) is 11.5 Å². The molecule has 1 atom stereocenters. The second kappa shape index (κ2) is 10.8. The summed E-state index contributed by atoms with van der Waals surface area (Å²) in [5, 5.41) is 14.9. The molecule has 4 aromatic rings. The van der Waals surface area contributed by atoms with Crippen molar-refractivity contribution in [3.63, 3.8) is 0 Å². The molecule has 0 bridgehead atoms. The molecule has 0 aliphatic heterocycles. The quantitative estimate of drug-likeness (QED) is 0.255. The Hall–Kier alpha value is -3.19. The van der Waals surface area contributed by atoms with E-state index < -0.39 is 12.0 Å². The predicted octanol–water partition coefficient (Wildman–Crippen LogP) is 5.85. The van der Waals surface area contributed by atoms with Crippen molar-refractivity contribution in [1.82, 2.24) is 10.3 Å². The first kappa shape index (κ1) is 24.0. The number of carbonyl (C=O) groups is 1. The third-order valence-corrected chi connectivity index (χ3v) is 6.22. The Labute approximate surface area is 207 Å². The number of nitrogens with one attached hydrogen (secondary N) is 2. The molecule has 176 valence electrons. The van der Waals surface area contributed by atoms with Crippen molar-refractivity contribution in [2.24, 2.45) is 0 Å². The molecule has 1 aromatic heterocycles. The maximum absolute atomic E-state index is 11.9. The third-order valence-electron chi connectivity index (χ3n) is 5.57. The summed E-state index contributed by atoms with van der Waals surface area (Å²) in [7, 11) is 1.53. The normalized spacial score (nSPS) is 12.0. The number of carboxylic acid groups (broad SMARTS) is 1. The summed E-state index contributed by atoms with van der Waals surface area (Å²) in [5.74, 6) is -0.0655. The van der Waals surface area contributed by atoms with E-state index in [0.717, 1.165) is 27.6 Å². The second-order valence-electron chi connectivity index (χ2n) is 7.82. The van der Waals surface area contributed by atoms with Crippen molar-refractivity contribution in [1.29, 1.82) is 0 Å². The smallest absolute Gasteiger partial charge is 0.321 e. The van der Waals surface area contributed by atoms with Gasteiger partial charge in [0.25, 0.3) is 0 Å². The highest BCUT2D eigenvalue weighted by atomic mass is 35.5. The van der Waals surface area contributed by atoms with Gasteiger partial charge in [-0.2, -0.15) is 0 Å². The number of H-pyrrole nitrogens is 1. The zero-order valence-electron chi connectivity index (χ0n) is 18.5. The van der Waals surface area contributed by atoms with Gasteiger partial charge >= 0.3 is 5.97 Å². The summed E-state index contributed by atoms with van der Waals surface area (Å²) in [6.07, 6.45) is 2.19. The lowest BCUT2D eigenvalue weighted by atomic mass is 10.0. The van der Waals surface area contributed by atoms with E-state index in [2.05, 4.69) is 10.3 Å². The number of hydrogen-bond acceptors (Lipinski definition) is 4. The molecule has 1 heterocycles. The Morgan fingerprint density at radius 1 is 1.06 bits per heavy atom. The molecule has 0 radical (unpaired) electrons. The van der Waals surface area contributed by atoms with E-state index in [1.54, 1.807) is 18.2 Å². The fraction of sp³-hybridized carbons (Fsp3) is 0.192. The number of aromatic amines is 1. The van der Waals surface area contributed by atoms with E-state index in [1.807, 2.05) is 48.7 Å². The van der Waals surface area contributed by atoms with Gasteiger partial charge in [-0.25, -0.2) is 0 Å². The summed E-state index contributed by atoms with van der Waals surface area (Å²) in [6, 6.07) is 18.0. The number of ether oxygens (including phenoxy) is 2. The minimum absolute atomic E-state index is 0.235. The molecule has 0 amide bonds. The van der Waals surface area contributed by atoms with Crippen LogP contribution in [-0.2, 0) is 24.4 Å². The van der Waals surface area contributed by atoms with Gasteiger partial charge in [-0.3, -0.25) is 4.79 Å². The van der Waals surface area contributed by atoms with Gasteiger partial charge in [0, 0.05) is 40.7 Å². The Balaban J connectivity index is 1.46. The van der Waals surface area contributed by atoms with Gasteiger partial charge in [0.1, 0.15) is 12.6 Å². The number of carboxylic acids is 1. The number of para-hydroxylation sites is 1. The lowest BCUT2D eigenvalue weighted by molar-refractivity contribution is -0.139. The van der Waals surface area contributed by atoms with Crippen LogP contribution in [-0.4, -0.2) is 29.2 Å². The van der Waals surface area contributed by atoms with Crippen LogP contribution in [0.3, 0.4) is 0 Å². The van der Waals surface area contributed by atoms with Crippen LogP contribution in [0, 0.1) is 0 Å². The summed E-state index contributed by atoms with van der Waals surface area (Å²) in [6.45, 7) is 0.527. The minimum atomic E-state index is -0.928. The van der Waals surface area contributed by atoms with Crippen molar-refractivity contribution in [2.45, 2.75) is 25.6 Å². The molecular formula is C26H24Cl2N2O4. The molecule has 0 unspecified atom stereocenters. The fourth-order valence-electron chi connectivity index (χ4n) is 3.79. The number of methoxy groups -OCH3 is 1. The lowest BCUT2D eigenvalue weighted by Gasteiger charge is -2.17. The number of fused-ring (bicyclic) bond motifs is 1.